The van der Waals surface area contributed by atoms with Gasteiger partial charge in [-0.1, -0.05) is 32.9 Å². The number of rotatable bonds is 3. The van der Waals surface area contributed by atoms with Gasteiger partial charge in [0.15, 0.2) is 6.04 Å². The Morgan fingerprint density at radius 1 is 1.09 bits per heavy atom. The van der Waals surface area contributed by atoms with E-state index in [1.165, 1.54) is 26.3 Å². The number of nitrogens with one attached hydrogen (secondary N) is 2. The molecule has 1 aromatic carbocycles. The monoisotopic (exact) mass is 318 g/mol. The normalized spacial score (nSPS) is 13.4. The molecule has 122 valence electrons. The van der Waals surface area contributed by atoms with Gasteiger partial charge in [-0.15, -0.1) is 0 Å². The van der Waals surface area contributed by atoms with Crippen LogP contribution >= 0.6 is 0 Å². The largest absolute Gasteiger partial charge is 0.412 e. The van der Waals surface area contributed by atoms with Crippen molar-refractivity contribution in [2.24, 2.45) is 5.41 Å². The van der Waals surface area contributed by atoms with Crippen LogP contribution in [0.4, 0.5) is 13.2 Å². The molecule has 8 heteroatoms. The van der Waals surface area contributed by atoms with Gasteiger partial charge >= 0.3 is 6.18 Å². The van der Waals surface area contributed by atoms with Crippen LogP contribution in [0.15, 0.2) is 24.3 Å². The number of hydroxylamine groups is 1. The Hall–Kier alpha value is -2.09. The number of carbonyl (C=O) groups is 2. The average Bonchev–Trinajstić information content (AvgIpc) is 2.41. The quantitative estimate of drug-likeness (QED) is 0.592. The molecule has 0 heterocycles. The van der Waals surface area contributed by atoms with Crippen molar-refractivity contribution in [3.8, 4) is 0 Å². The maximum Gasteiger partial charge on any atom is 0.412 e. The zero-order valence-electron chi connectivity index (χ0n) is 12.3. The van der Waals surface area contributed by atoms with Gasteiger partial charge in [0.1, 0.15) is 0 Å². The van der Waals surface area contributed by atoms with Gasteiger partial charge in [0.2, 0.25) is 5.91 Å². The highest BCUT2D eigenvalue weighted by atomic mass is 19.4. The first-order valence-electron chi connectivity index (χ1n) is 6.39. The number of benzene rings is 1. The number of hydrogen-bond donors (Lipinski definition) is 3. The maximum absolute atomic E-state index is 13.1. The summed E-state index contributed by atoms with van der Waals surface area (Å²) in [6, 6.07) is 2.23. The molecule has 0 bridgehead atoms. The van der Waals surface area contributed by atoms with Crippen molar-refractivity contribution in [3.05, 3.63) is 35.4 Å². The Kier molecular flexibility index (Phi) is 5.18. The minimum Gasteiger partial charge on any atom is -0.340 e. The van der Waals surface area contributed by atoms with E-state index in [4.69, 9.17) is 5.21 Å². The lowest BCUT2D eigenvalue weighted by Gasteiger charge is -2.26. The molecule has 0 aliphatic rings. The molecule has 0 saturated heterocycles. The summed E-state index contributed by atoms with van der Waals surface area (Å²) in [5.41, 5.74) is 0.195. The van der Waals surface area contributed by atoms with Crippen molar-refractivity contribution in [2.45, 2.75) is 33.0 Å². The van der Waals surface area contributed by atoms with Crippen LogP contribution in [-0.2, 0) is 4.79 Å². The summed E-state index contributed by atoms with van der Waals surface area (Å²) >= 11 is 0. The SMILES string of the molecule is CC(C)(C)C(=O)N[C@H](c1ccc(C(=O)NO)cc1)C(F)(F)F. The van der Waals surface area contributed by atoms with Gasteiger partial charge in [0.05, 0.1) is 0 Å². The number of amides is 2. The smallest absolute Gasteiger partial charge is 0.340 e. The molecule has 0 aromatic heterocycles. The zero-order valence-corrected chi connectivity index (χ0v) is 12.3. The van der Waals surface area contributed by atoms with Crippen molar-refractivity contribution < 1.29 is 28.0 Å². The molecule has 0 radical (unpaired) electrons. The Morgan fingerprint density at radius 3 is 1.95 bits per heavy atom. The second-order valence-corrected chi connectivity index (χ2v) is 5.76. The van der Waals surface area contributed by atoms with Crippen LogP contribution in [0.1, 0.15) is 42.7 Å². The van der Waals surface area contributed by atoms with Gasteiger partial charge in [-0.3, -0.25) is 14.8 Å². The molecule has 0 fully saturated rings. The van der Waals surface area contributed by atoms with E-state index in [9.17, 15) is 22.8 Å². The fourth-order valence-corrected chi connectivity index (χ4v) is 1.59. The number of carbonyl (C=O) groups excluding carboxylic acids is 2. The minimum absolute atomic E-state index is 0.00526. The second-order valence-electron chi connectivity index (χ2n) is 5.76. The van der Waals surface area contributed by atoms with E-state index in [-0.39, 0.29) is 11.1 Å². The second kappa shape index (κ2) is 6.35. The van der Waals surface area contributed by atoms with Crippen LogP contribution in [0.5, 0.6) is 0 Å². The summed E-state index contributed by atoms with van der Waals surface area (Å²) in [4.78, 5) is 23.0. The number of halogens is 3. The van der Waals surface area contributed by atoms with Crippen LogP contribution < -0.4 is 10.8 Å². The third-order valence-electron chi connectivity index (χ3n) is 2.89. The highest BCUT2D eigenvalue weighted by Gasteiger charge is 2.43. The fraction of sp³-hybridized carbons (Fsp3) is 0.429. The fourth-order valence-electron chi connectivity index (χ4n) is 1.59. The van der Waals surface area contributed by atoms with Gasteiger partial charge in [-0.2, -0.15) is 13.2 Å². The van der Waals surface area contributed by atoms with Crippen LogP contribution in [0.25, 0.3) is 0 Å². The van der Waals surface area contributed by atoms with E-state index in [1.54, 1.807) is 0 Å². The van der Waals surface area contributed by atoms with Gasteiger partial charge in [0, 0.05) is 11.0 Å². The van der Waals surface area contributed by atoms with E-state index in [0.717, 1.165) is 24.3 Å². The van der Waals surface area contributed by atoms with Crippen LogP contribution in [0, 0.1) is 5.41 Å². The predicted molar refractivity (Wildman–Crippen MR) is 72.1 cm³/mol. The van der Waals surface area contributed by atoms with E-state index in [2.05, 4.69) is 0 Å². The Bertz CT molecular complexity index is 548. The lowest BCUT2D eigenvalue weighted by molar-refractivity contribution is -0.165. The topological polar surface area (TPSA) is 78.4 Å². The van der Waals surface area contributed by atoms with E-state index < -0.39 is 29.4 Å². The molecule has 22 heavy (non-hydrogen) atoms. The van der Waals surface area contributed by atoms with Gasteiger partial charge in [0.25, 0.3) is 5.91 Å². The molecule has 0 saturated carbocycles. The lowest BCUT2D eigenvalue weighted by atomic mass is 9.94. The zero-order chi connectivity index (χ0) is 17.1. The molecule has 0 spiro atoms. The van der Waals surface area contributed by atoms with Crippen LogP contribution in [-0.4, -0.2) is 23.2 Å². The van der Waals surface area contributed by atoms with Gasteiger partial charge in [-0.25, -0.2) is 5.48 Å². The van der Waals surface area contributed by atoms with Crippen molar-refractivity contribution in [1.29, 1.82) is 0 Å². The number of hydrogen-bond acceptors (Lipinski definition) is 3. The Morgan fingerprint density at radius 2 is 1.59 bits per heavy atom. The first-order chi connectivity index (χ1) is 9.96. The third-order valence-corrected chi connectivity index (χ3v) is 2.89. The number of alkyl halides is 3. The summed E-state index contributed by atoms with van der Waals surface area (Å²) < 4.78 is 39.4. The summed E-state index contributed by atoms with van der Waals surface area (Å²) in [5.74, 6) is -1.58. The van der Waals surface area contributed by atoms with Gasteiger partial charge < -0.3 is 5.32 Å². The molecule has 0 aliphatic heterocycles. The van der Waals surface area contributed by atoms with Crippen LogP contribution in [0.3, 0.4) is 0 Å². The summed E-state index contributed by atoms with van der Waals surface area (Å²) in [6.07, 6.45) is -4.68. The molecule has 5 nitrogen and oxygen atoms in total. The maximum atomic E-state index is 13.1. The van der Waals surface area contributed by atoms with Crippen molar-refractivity contribution in [3.63, 3.8) is 0 Å². The van der Waals surface area contributed by atoms with E-state index in [1.807, 2.05) is 5.32 Å². The Labute approximate surface area is 125 Å². The summed E-state index contributed by atoms with van der Waals surface area (Å²) in [6.45, 7) is 4.51. The molecular weight excluding hydrogens is 301 g/mol. The molecular formula is C14H17F3N2O3. The van der Waals surface area contributed by atoms with Crippen LogP contribution in [0.2, 0.25) is 0 Å². The first kappa shape index (κ1) is 18.0. The Balaban J connectivity index is 3.08. The molecule has 1 rings (SSSR count). The average molecular weight is 318 g/mol. The first-order valence-corrected chi connectivity index (χ1v) is 6.39. The van der Waals surface area contributed by atoms with Crippen molar-refractivity contribution >= 4 is 11.8 Å². The summed E-state index contributed by atoms with van der Waals surface area (Å²) in [5, 5.41) is 10.4. The third kappa shape index (κ3) is 4.45. The standard InChI is InChI=1S/C14H17F3N2O3/c1-13(2,3)12(21)18-10(14(15,16)17)8-4-6-9(7-5-8)11(20)19-22/h4-7,10,22H,1-3H3,(H,18,21)(H,19,20)/t10-/m1/s1. The lowest BCUT2D eigenvalue weighted by Crippen LogP contribution is -2.43. The highest BCUT2D eigenvalue weighted by Crippen LogP contribution is 2.33. The molecule has 1 atom stereocenters. The van der Waals surface area contributed by atoms with Crippen molar-refractivity contribution in [1.82, 2.24) is 10.8 Å². The summed E-state index contributed by atoms with van der Waals surface area (Å²) in [7, 11) is 0. The highest BCUT2D eigenvalue weighted by molar-refractivity contribution is 5.93. The molecule has 0 unspecified atom stereocenters. The molecule has 1 aromatic rings. The predicted octanol–water partition coefficient (Wildman–Crippen LogP) is 2.57. The van der Waals surface area contributed by atoms with Crippen molar-refractivity contribution in [2.75, 3.05) is 0 Å². The molecule has 0 aliphatic carbocycles. The molecule has 2 amide bonds. The van der Waals surface area contributed by atoms with Gasteiger partial charge in [-0.05, 0) is 17.7 Å². The minimum atomic E-state index is -4.68. The van der Waals surface area contributed by atoms with E-state index in [0.29, 0.717) is 0 Å². The molecule has 3 N–H and O–H groups in total. The van der Waals surface area contributed by atoms with E-state index >= 15 is 0 Å².